The number of carbonyl (C=O) groups excluding carboxylic acids is 2. The van der Waals surface area contributed by atoms with Gasteiger partial charge in [-0.05, 0) is 74.6 Å². The summed E-state index contributed by atoms with van der Waals surface area (Å²) in [5.74, 6) is -0.503. The summed E-state index contributed by atoms with van der Waals surface area (Å²) in [7, 11) is 0. The molecule has 2 aromatic carbocycles. The van der Waals surface area contributed by atoms with Gasteiger partial charge in [0.15, 0.2) is 0 Å². The maximum absolute atomic E-state index is 13.5. The number of nitrogens with one attached hydrogen (secondary N) is 1. The summed E-state index contributed by atoms with van der Waals surface area (Å²) in [6, 6.07) is 12.6. The molecule has 3 heterocycles. The van der Waals surface area contributed by atoms with Gasteiger partial charge >= 0.3 is 6.18 Å². The highest BCUT2D eigenvalue weighted by Gasteiger charge is 2.34. The third kappa shape index (κ3) is 6.19. The van der Waals surface area contributed by atoms with Crippen LogP contribution in [0.25, 0.3) is 10.9 Å². The van der Waals surface area contributed by atoms with Crippen molar-refractivity contribution in [3.05, 3.63) is 86.8 Å². The van der Waals surface area contributed by atoms with Crippen LogP contribution in [0.5, 0.6) is 0 Å². The van der Waals surface area contributed by atoms with E-state index >= 15 is 0 Å². The van der Waals surface area contributed by atoms with E-state index in [1.54, 1.807) is 47.7 Å². The number of hydrogen-bond donors (Lipinski definition) is 2. The van der Waals surface area contributed by atoms with Crippen molar-refractivity contribution in [3.63, 3.8) is 0 Å². The van der Waals surface area contributed by atoms with Crippen LogP contribution in [0.4, 0.5) is 18.9 Å². The molecule has 0 saturated carbocycles. The zero-order valence-corrected chi connectivity index (χ0v) is 24.6. The third-order valence-corrected chi connectivity index (χ3v) is 8.11. The molecule has 8 nitrogen and oxygen atoms in total. The highest BCUT2D eigenvalue weighted by molar-refractivity contribution is 9.10. The Hall–Kier alpha value is -3.77. The zero-order chi connectivity index (χ0) is 30.2. The molecule has 0 spiro atoms. The number of hydrogen-bond acceptors (Lipinski definition) is 5. The predicted molar refractivity (Wildman–Crippen MR) is 155 cm³/mol. The lowest BCUT2D eigenvalue weighted by atomic mass is 9.97. The van der Waals surface area contributed by atoms with Crippen molar-refractivity contribution in [2.45, 2.75) is 39.4 Å². The second-order valence-electron chi connectivity index (χ2n) is 10.5. The molecule has 42 heavy (non-hydrogen) atoms. The van der Waals surface area contributed by atoms with Crippen molar-refractivity contribution in [3.8, 4) is 0 Å². The molecule has 0 unspecified atom stereocenters. The number of carbonyl (C=O) groups is 2. The van der Waals surface area contributed by atoms with Gasteiger partial charge in [-0.25, -0.2) is 4.98 Å². The Balaban J connectivity index is 1.34. The van der Waals surface area contributed by atoms with Crippen molar-refractivity contribution in [2.24, 2.45) is 5.92 Å². The second kappa shape index (κ2) is 11.8. The maximum atomic E-state index is 13.5. The first kappa shape index (κ1) is 29.7. The average molecular weight is 644 g/mol. The number of amides is 2. The fraction of sp³-hybridized carbons (Fsp3) is 0.333. The lowest BCUT2D eigenvalue weighted by molar-refractivity contribution is -0.141. The van der Waals surface area contributed by atoms with Crippen LogP contribution in [0.3, 0.4) is 0 Å². The van der Waals surface area contributed by atoms with Gasteiger partial charge in [0, 0.05) is 35.1 Å². The largest absolute Gasteiger partial charge is 0.433 e. The number of rotatable bonds is 6. The van der Waals surface area contributed by atoms with Gasteiger partial charge < -0.3 is 15.3 Å². The Labute approximate surface area is 248 Å². The minimum atomic E-state index is -4.72. The lowest BCUT2D eigenvalue weighted by Crippen LogP contribution is -2.39. The van der Waals surface area contributed by atoms with Gasteiger partial charge in [-0.15, -0.1) is 0 Å². The van der Waals surface area contributed by atoms with E-state index in [-0.39, 0.29) is 34.9 Å². The molecular formula is C30H29BrF3N5O3. The van der Waals surface area contributed by atoms with E-state index in [9.17, 15) is 27.9 Å². The number of aryl methyl sites for hydroxylation is 1. The van der Waals surface area contributed by atoms with Crippen LogP contribution < -0.4 is 5.32 Å². The minimum absolute atomic E-state index is 0.0431. The Kier molecular flexibility index (Phi) is 8.38. The Bertz CT molecular complexity index is 1640. The molecule has 2 aromatic heterocycles. The Morgan fingerprint density at radius 2 is 1.76 bits per heavy atom. The standard InChI is InChI=1S/C30H29BrF3N5O3/c1-17-27(36-28(41)24-14-26(30(32,33)34)35-25-8-7-22(31)13-23(24)25)18(2)39(37-17)15-19-3-5-21(6-4-19)29(42)38-11-9-20(16-40)10-12-38/h3-8,13-14,20,40H,9-12,15-16H2,1-2H3,(H,36,41). The monoisotopic (exact) mass is 643 g/mol. The van der Waals surface area contributed by atoms with Gasteiger partial charge in [0.25, 0.3) is 11.8 Å². The third-order valence-electron chi connectivity index (χ3n) is 7.62. The fourth-order valence-electron chi connectivity index (χ4n) is 5.17. The van der Waals surface area contributed by atoms with Crippen LogP contribution in [0, 0.1) is 19.8 Å². The van der Waals surface area contributed by atoms with Crippen molar-refractivity contribution < 1.29 is 27.9 Å². The topological polar surface area (TPSA) is 100 Å². The van der Waals surface area contributed by atoms with Crippen LogP contribution >= 0.6 is 15.9 Å². The molecule has 1 saturated heterocycles. The van der Waals surface area contributed by atoms with E-state index in [4.69, 9.17) is 0 Å². The minimum Gasteiger partial charge on any atom is -0.396 e. The summed E-state index contributed by atoms with van der Waals surface area (Å²) < 4.78 is 42.9. The average Bonchev–Trinajstić information content (AvgIpc) is 3.23. The van der Waals surface area contributed by atoms with Crippen molar-refractivity contribution in [1.29, 1.82) is 0 Å². The molecule has 2 amide bonds. The first-order chi connectivity index (χ1) is 19.9. The number of aliphatic hydroxyl groups excluding tert-OH is 1. The van der Waals surface area contributed by atoms with Crippen molar-refractivity contribution in [1.82, 2.24) is 19.7 Å². The SMILES string of the molecule is Cc1nn(Cc2ccc(C(=O)N3CCC(CO)CC3)cc2)c(C)c1NC(=O)c1cc(C(F)(F)F)nc2ccc(Br)cc12. The molecule has 0 bridgehead atoms. The number of pyridine rings is 1. The molecule has 0 atom stereocenters. The van der Waals surface area contributed by atoms with Gasteiger partial charge in [0.05, 0.1) is 34.7 Å². The summed E-state index contributed by atoms with van der Waals surface area (Å²) >= 11 is 3.31. The number of fused-ring (bicyclic) bond motifs is 1. The van der Waals surface area contributed by atoms with Gasteiger partial charge in [-0.1, -0.05) is 28.1 Å². The van der Waals surface area contributed by atoms with Crippen molar-refractivity contribution in [2.75, 3.05) is 25.0 Å². The molecule has 0 radical (unpaired) electrons. The highest BCUT2D eigenvalue weighted by Crippen LogP contribution is 2.33. The molecule has 12 heteroatoms. The maximum Gasteiger partial charge on any atom is 0.433 e. The van der Waals surface area contributed by atoms with E-state index < -0.39 is 17.8 Å². The summed E-state index contributed by atoms with van der Waals surface area (Å²) in [4.78, 5) is 31.8. The first-order valence-corrected chi connectivity index (χ1v) is 14.3. The number of benzene rings is 2. The van der Waals surface area contributed by atoms with Gasteiger partial charge in [0.2, 0.25) is 0 Å². The molecule has 1 aliphatic heterocycles. The number of nitrogens with zero attached hydrogens (tertiary/aromatic N) is 4. The van der Waals surface area contributed by atoms with E-state index in [2.05, 4.69) is 31.3 Å². The first-order valence-electron chi connectivity index (χ1n) is 13.5. The molecule has 5 rings (SSSR count). The van der Waals surface area contributed by atoms with Crippen LogP contribution in [-0.2, 0) is 12.7 Å². The summed E-state index contributed by atoms with van der Waals surface area (Å²) in [6.45, 7) is 5.23. The van der Waals surface area contributed by atoms with Crippen LogP contribution in [0.15, 0.2) is 53.0 Å². The number of aliphatic hydroxyl groups is 1. The summed E-state index contributed by atoms with van der Waals surface area (Å²) in [6.07, 6.45) is -3.14. The summed E-state index contributed by atoms with van der Waals surface area (Å²) in [5, 5.41) is 16.9. The van der Waals surface area contributed by atoms with Gasteiger partial charge in [0.1, 0.15) is 5.69 Å². The molecule has 0 aliphatic carbocycles. The fourth-order valence-corrected chi connectivity index (χ4v) is 5.53. The number of likely N-dealkylation sites (tertiary alicyclic amines) is 1. The van der Waals surface area contributed by atoms with Gasteiger partial charge in [-0.2, -0.15) is 18.3 Å². The predicted octanol–water partition coefficient (Wildman–Crippen LogP) is 5.97. The molecule has 1 fully saturated rings. The van der Waals surface area contributed by atoms with E-state index in [0.29, 0.717) is 46.7 Å². The van der Waals surface area contributed by atoms with Gasteiger partial charge in [-0.3, -0.25) is 14.3 Å². The molecule has 1 aliphatic rings. The number of alkyl halides is 3. The van der Waals surface area contributed by atoms with Crippen molar-refractivity contribution >= 4 is 44.3 Å². The smallest absolute Gasteiger partial charge is 0.396 e. The Morgan fingerprint density at radius 3 is 2.40 bits per heavy atom. The normalized spacial score (nSPS) is 14.4. The molecule has 4 aromatic rings. The van der Waals surface area contributed by atoms with Crippen LogP contribution in [-0.4, -0.2) is 56.3 Å². The highest BCUT2D eigenvalue weighted by atomic mass is 79.9. The van der Waals surface area contributed by atoms with Crippen LogP contribution in [0.2, 0.25) is 0 Å². The quantitative estimate of drug-likeness (QED) is 0.269. The zero-order valence-electron chi connectivity index (χ0n) is 23.0. The summed E-state index contributed by atoms with van der Waals surface area (Å²) in [5.41, 5.74) is 1.76. The lowest BCUT2D eigenvalue weighted by Gasteiger charge is -2.31. The Morgan fingerprint density at radius 1 is 1.07 bits per heavy atom. The van der Waals surface area contributed by atoms with E-state index in [1.807, 2.05) is 12.1 Å². The van der Waals surface area contributed by atoms with Crippen LogP contribution in [0.1, 0.15) is 56.2 Å². The number of halogens is 4. The number of piperidine rings is 1. The second-order valence-corrected chi connectivity index (χ2v) is 11.4. The molecular weight excluding hydrogens is 615 g/mol. The molecule has 220 valence electrons. The number of anilines is 1. The molecule has 2 N–H and O–H groups in total. The van der Waals surface area contributed by atoms with E-state index in [1.165, 1.54) is 6.07 Å². The number of aromatic nitrogens is 3. The van der Waals surface area contributed by atoms with E-state index in [0.717, 1.165) is 24.5 Å².